The second-order valence-corrected chi connectivity index (χ2v) is 15.2. The molecular formula is C50H34N4O3+2. The summed E-state index contributed by atoms with van der Waals surface area (Å²) in [6, 6.07) is 49.8. The van der Waals surface area contributed by atoms with Crippen molar-refractivity contribution in [3.63, 3.8) is 0 Å². The molecule has 6 aliphatic rings. The number of hydrogen-bond donors (Lipinski definition) is 0. The topological polar surface area (TPSA) is 59.2 Å². The Hall–Kier alpha value is -7.38. The van der Waals surface area contributed by atoms with Crippen LogP contribution in [-0.4, -0.2) is 41.5 Å². The predicted octanol–water partition coefficient (Wildman–Crippen LogP) is 6.45. The van der Waals surface area contributed by atoms with Gasteiger partial charge in [-0.2, -0.15) is 9.13 Å². The Balaban J connectivity index is 1.19. The number of Topliss-reactive ketones (excluding diaryl/α,β-unsaturated/α-hetero) is 1. The van der Waals surface area contributed by atoms with Crippen molar-refractivity contribution in [1.82, 2.24) is 9.13 Å². The van der Waals surface area contributed by atoms with Crippen molar-refractivity contribution in [2.24, 2.45) is 0 Å². The van der Waals surface area contributed by atoms with Gasteiger partial charge in [0.25, 0.3) is 0 Å². The summed E-state index contributed by atoms with van der Waals surface area (Å²) in [4.78, 5) is 23.7. The van der Waals surface area contributed by atoms with Gasteiger partial charge in [0.1, 0.15) is 18.8 Å². The highest BCUT2D eigenvalue weighted by Gasteiger charge is 2.72. The molecule has 0 amide bonds. The molecule has 270 valence electrons. The molecule has 0 fully saturated rings. The summed E-state index contributed by atoms with van der Waals surface area (Å²) in [6.45, 7) is 1.50. The summed E-state index contributed by atoms with van der Waals surface area (Å²) in [5.41, 5.74) is 16.9. The van der Waals surface area contributed by atoms with E-state index in [9.17, 15) is 9.59 Å². The molecule has 8 heterocycles. The first-order chi connectivity index (χ1) is 28.0. The van der Waals surface area contributed by atoms with Gasteiger partial charge in [0.2, 0.25) is 22.8 Å². The second kappa shape index (κ2) is 11.6. The number of rotatable bonds is 8. The average molecular weight is 739 g/mol. The molecule has 0 saturated carbocycles. The molecule has 6 aliphatic heterocycles. The molecule has 1 spiro atoms. The summed E-state index contributed by atoms with van der Waals surface area (Å²) in [5.74, 6) is -1.58. The van der Waals surface area contributed by atoms with E-state index in [2.05, 4.69) is 170 Å². The second-order valence-electron chi connectivity index (χ2n) is 15.2. The number of carbonyl (C=O) groups is 2. The summed E-state index contributed by atoms with van der Waals surface area (Å²) < 4.78 is 15.8. The number of carbonyl (C=O) groups excluding carboxylic acids is 2. The first kappa shape index (κ1) is 31.9. The maximum absolute atomic E-state index is 12.2. The highest BCUT2D eigenvalue weighted by Crippen LogP contribution is 2.53. The van der Waals surface area contributed by atoms with Crippen LogP contribution in [0.15, 0.2) is 175 Å². The van der Waals surface area contributed by atoms with Crippen molar-refractivity contribution in [3.8, 4) is 0 Å². The Labute approximate surface area is 328 Å². The Bertz CT molecular complexity index is 3150. The van der Waals surface area contributed by atoms with E-state index in [0.29, 0.717) is 0 Å². The Morgan fingerprint density at radius 3 is 1.46 bits per heavy atom. The van der Waals surface area contributed by atoms with Gasteiger partial charge in [-0.3, -0.25) is 9.59 Å². The zero-order valence-electron chi connectivity index (χ0n) is 31.0. The van der Waals surface area contributed by atoms with E-state index in [-0.39, 0.29) is 18.8 Å². The molecule has 7 nitrogen and oxygen atoms in total. The minimum atomic E-state index is -0.853. The quantitative estimate of drug-likeness (QED) is 0.103. The third-order valence-corrected chi connectivity index (χ3v) is 12.0. The lowest BCUT2D eigenvalue weighted by Gasteiger charge is -2.41. The first-order valence-electron chi connectivity index (χ1n) is 19.3. The molecule has 4 aromatic carbocycles. The van der Waals surface area contributed by atoms with Crippen LogP contribution in [-0.2, 0) is 26.8 Å². The van der Waals surface area contributed by atoms with Crippen LogP contribution in [0, 0.1) is 0 Å². The lowest BCUT2D eigenvalue weighted by atomic mass is 9.92. The molecule has 0 saturated heterocycles. The van der Waals surface area contributed by atoms with E-state index >= 15 is 0 Å². The number of ketones is 1. The minimum Gasteiger partial charge on any atom is -0.460 e. The van der Waals surface area contributed by atoms with E-state index in [0.717, 1.165) is 72.7 Å². The molecule has 1 atom stereocenters. The summed E-state index contributed by atoms with van der Waals surface area (Å²) in [7, 11) is 0. The number of aromatic nitrogens is 2. The van der Waals surface area contributed by atoms with Crippen molar-refractivity contribution < 1.29 is 23.5 Å². The molecule has 0 N–H and O–H groups in total. The molecule has 0 bridgehead atoms. The van der Waals surface area contributed by atoms with E-state index < -0.39 is 11.9 Å². The number of ether oxygens (including phenoxy) is 1. The van der Waals surface area contributed by atoms with Gasteiger partial charge in [-0.15, -0.1) is 0 Å². The van der Waals surface area contributed by atoms with Gasteiger partial charge < -0.3 is 4.74 Å². The monoisotopic (exact) mass is 738 g/mol. The fourth-order valence-corrected chi connectivity index (χ4v) is 9.91. The molecule has 0 radical (unpaired) electrons. The fraction of sp³-hybridized carbons (Fsp3) is 0.0800. The van der Waals surface area contributed by atoms with Crippen LogP contribution in [0.3, 0.4) is 0 Å². The summed E-state index contributed by atoms with van der Waals surface area (Å²) in [5, 5.41) is 2.32. The van der Waals surface area contributed by atoms with Crippen LogP contribution in [0.1, 0.15) is 52.5 Å². The van der Waals surface area contributed by atoms with Crippen molar-refractivity contribution in [2.75, 3.05) is 0 Å². The first-order valence-corrected chi connectivity index (χ1v) is 19.3. The molecule has 57 heavy (non-hydrogen) atoms. The lowest BCUT2D eigenvalue weighted by Crippen LogP contribution is -2.71. The van der Waals surface area contributed by atoms with Crippen molar-refractivity contribution in [3.05, 3.63) is 225 Å². The van der Waals surface area contributed by atoms with Crippen LogP contribution in [0.4, 0.5) is 0 Å². The van der Waals surface area contributed by atoms with Gasteiger partial charge in [0, 0.05) is 24.3 Å². The van der Waals surface area contributed by atoms with E-state index in [1.54, 1.807) is 0 Å². The van der Waals surface area contributed by atoms with E-state index in [1.807, 2.05) is 12.1 Å². The number of nitrogens with zero attached hydrogens (tertiary/aromatic N) is 4. The molecule has 2 aromatic heterocycles. The van der Waals surface area contributed by atoms with Crippen LogP contribution < -0.4 is 10.7 Å². The Kier molecular flexibility index (Phi) is 6.48. The maximum atomic E-state index is 12.2. The van der Waals surface area contributed by atoms with Crippen molar-refractivity contribution in [1.29, 1.82) is 0 Å². The van der Waals surface area contributed by atoms with Crippen molar-refractivity contribution in [2.45, 2.75) is 25.9 Å². The summed E-state index contributed by atoms with van der Waals surface area (Å²) in [6.07, 6.45) is 9.00. The Morgan fingerprint density at radius 1 is 0.526 bits per heavy atom. The van der Waals surface area contributed by atoms with Crippen LogP contribution >= 0.6 is 0 Å². The fourth-order valence-electron chi connectivity index (χ4n) is 9.91. The SMILES string of the molecule is CC(=O)CC(=O)OCc1ccc(C2=C3C=CC4=[N+]3C35n6c(ccc62)C(c2ccccc2)=C2C=CC(=[N+]23)C(c2ccccc2)=c2ccc(n25)=C4c2ccccc2)cc1. The highest BCUT2D eigenvalue weighted by molar-refractivity contribution is 6.29. The molecular weight excluding hydrogens is 705 g/mol. The zero-order chi connectivity index (χ0) is 38.0. The van der Waals surface area contributed by atoms with Gasteiger partial charge in [-0.25, -0.2) is 0 Å². The molecule has 0 aliphatic carbocycles. The van der Waals surface area contributed by atoms with Gasteiger partial charge in [-0.1, -0.05) is 124 Å². The summed E-state index contributed by atoms with van der Waals surface area (Å²) >= 11 is 0. The molecule has 7 heteroatoms. The highest BCUT2D eigenvalue weighted by atomic mass is 16.5. The zero-order valence-corrected chi connectivity index (χ0v) is 31.0. The minimum absolute atomic E-state index is 0.106. The van der Waals surface area contributed by atoms with Crippen LogP contribution in [0.25, 0.3) is 22.3 Å². The maximum Gasteiger partial charge on any atom is 0.553 e. The van der Waals surface area contributed by atoms with Crippen LogP contribution in [0.2, 0.25) is 0 Å². The van der Waals surface area contributed by atoms with Gasteiger partial charge >= 0.3 is 11.9 Å². The van der Waals surface area contributed by atoms with E-state index in [1.165, 1.54) is 29.2 Å². The number of allylic oxidation sites excluding steroid dienone is 4. The standard InChI is InChI=1S/C50H34N4O3/c1-31(55)29-45(56)57-30-32-17-19-36(20-18-32)49-43-27-25-41-47(34-13-7-3-8-14-34)39-23-21-37-46(33-11-5-2-6-12-33)38-22-24-40-48(35-15-9-4-10-16-35)42-26-28-44(49)54(42)50(51(37)39,52(38)40)53(41)43/h2-28H,29-30H2,1H3/q+2. The van der Waals surface area contributed by atoms with Crippen LogP contribution in [0.5, 0.6) is 0 Å². The normalized spacial score (nSPS) is 18.8. The lowest BCUT2D eigenvalue weighted by molar-refractivity contribution is -0.834. The number of esters is 1. The number of benzene rings is 4. The Morgan fingerprint density at radius 2 is 0.982 bits per heavy atom. The van der Waals surface area contributed by atoms with Crippen molar-refractivity contribution >= 4 is 45.5 Å². The van der Waals surface area contributed by atoms with Gasteiger partial charge in [0.15, 0.2) is 0 Å². The predicted molar refractivity (Wildman–Crippen MR) is 218 cm³/mol. The van der Waals surface area contributed by atoms with E-state index in [4.69, 9.17) is 4.74 Å². The largest absolute Gasteiger partial charge is 0.553 e. The van der Waals surface area contributed by atoms with Gasteiger partial charge in [0.05, 0.1) is 44.4 Å². The molecule has 1 unspecified atom stereocenters. The third-order valence-electron chi connectivity index (χ3n) is 12.0. The average Bonchev–Trinajstić information content (AvgIpc) is 4.07. The molecule has 6 aromatic rings. The molecule has 12 rings (SSSR count). The van der Waals surface area contributed by atoms with Gasteiger partial charge in [-0.05, 0) is 59.0 Å². The third kappa shape index (κ3) is 4.15. The number of hydrogen-bond acceptors (Lipinski definition) is 3. The smallest absolute Gasteiger partial charge is 0.460 e.